The summed E-state index contributed by atoms with van der Waals surface area (Å²) < 4.78 is 0. The van der Waals surface area contributed by atoms with Crippen molar-refractivity contribution >= 4 is 5.78 Å². The zero-order chi connectivity index (χ0) is 13.7. The first-order chi connectivity index (χ1) is 9.23. The van der Waals surface area contributed by atoms with Crippen molar-refractivity contribution in [3.8, 4) is 0 Å². The quantitative estimate of drug-likeness (QED) is 0.788. The van der Waals surface area contributed by atoms with E-state index >= 15 is 0 Å². The molecule has 0 amide bonds. The number of nitrogens with zero attached hydrogens (tertiary/aromatic N) is 2. The summed E-state index contributed by atoms with van der Waals surface area (Å²) in [6, 6.07) is 3.89. The van der Waals surface area contributed by atoms with Crippen LogP contribution < -0.4 is 0 Å². The minimum atomic E-state index is -0.202. The number of hydrogen-bond acceptors (Lipinski definition) is 3. The predicted octanol–water partition coefficient (Wildman–Crippen LogP) is 2.85. The second kappa shape index (κ2) is 6.29. The van der Waals surface area contributed by atoms with Crippen LogP contribution in [0.2, 0.25) is 0 Å². The van der Waals surface area contributed by atoms with Crippen LogP contribution in [0.25, 0.3) is 0 Å². The molecule has 0 unspecified atom stereocenters. The Hall–Kier alpha value is -1.22. The second-order valence-corrected chi connectivity index (χ2v) is 5.37. The molecule has 1 aromatic heterocycles. The number of carbonyl (C=O) groups is 1. The molecule has 104 valence electrons. The number of rotatable bonds is 6. The smallest absolute Gasteiger partial charge is 0.157 e. The summed E-state index contributed by atoms with van der Waals surface area (Å²) in [6.07, 6.45) is 8.48. The summed E-state index contributed by atoms with van der Waals surface area (Å²) in [5.74, 6) is 0.389. The summed E-state index contributed by atoms with van der Waals surface area (Å²) in [4.78, 5) is 19.2. The lowest BCUT2D eigenvalue weighted by molar-refractivity contribution is -0.130. The van der Waals surface area contributed by atoms with Crippen molar-refractivity contribution in [1.82, 2.24) is 9.88 Å². The molecule has 19 heavy (non-hydrogen) atoms. The van der Waals surface area contributed by atoms with Crippen LogP contribution in [0.15, 0.2) is 24.5 Å². The van der Waals surface area contributed by atoms with Gasteiger partial charge in [-0.15, -0.1) is 0 Å². The molecule has 0 bridgehead atoms. The SMILES string of the molecule is CCN(CC)C1(C(=O)Cc2ccncc2)CCCC1. The molecule has 0 saturated heterocycles. The van der Waals surface area contributed by atoms with E-state index in [1.54, 1.807) is 12.4 Å². The number of likely N-dealkylation sites (N-methyl/N-ethyl adjacent to an activating group) is 1. The molecule has 0 aliphatic heterocycles. The summed E-state index contributed by atoms with van der Waals surface area (Å²) in [5, 5.41) is 0. The largest absolute Gasteiger partial charge is 0.297 e. The minimum absolute atomic E-state index is 0.202. The Bertz CT molecular complexity index is 406. The Labute approximate surface area is 116 Å². The van der Waals surface area contributed by atoms with Gasteiger partial charge < -0.3 is 0 Å². The third-order valence-electron chi connectivity index (χ3n) is 4.43. The van der Waals surface area contributed by atoms with Gasteiger partial charge in [0.2, 0.25) is 0 Å². The second-order valence-electron chi connectivity index (χ2n) is 5.37. The van der Waals surface area contributed by atoms with Crippen molar-refractivity contribution in [1.29, 1.82) is 0 Å². The van der Waals surface area contributed by atoms with Gasteiger partial charge in [-0.25, -0.2) is 0 Å². The molecule has 0 N–H and O–H groups in total. The van der Waals surface area contributed by atoms with Gasteiger partial charge in [-0.3, -0.25) is 14.7 Å². The van der Waals surface area contributed by atoms with Crippen molar-refractivity contribution in [2.75, 3.05) is 13.1 Å². The lowest BCUT2D eigenvalue weighted by atomic mass is 9.86. The summed E-state index contributed by atoms with van der Waals surface area (Å²) in [7, 11) is 0. The van der Waals surface area contributed by atoms with Crippen molar-refractivity contribution in [3.05, 3.63) is 30.1 Å². The van der Waals surface area contributed by atoms with Gasteiger partial charge in [0.15, 0.2) is 5.78 Å². The first-order valence-corrected chi connectivity index (χ1v) is 7.40. The van der Waals surface area contributed by atoms with Gasteiger partial charge in [0.1, 0.15) is 0 Å². The molecule has 1 saturated carbocycles. The van der Waals surface area contributed by atoms with Gasteiger partial charge in [-0.2, -0.15) is 0 Å². The molecule has 1 aliphatic carbocycles. The van der Waals surface area contributed by atoms with Gasteiger partial charge in [-0.05, 0) is 43.6 Å². The van der Waals surface area contributed by atoms with Gasteiger partial charge >= 0.3 is 0 Å². The normalized spacial score (nSPS) is 17.8. The average Bonchev–Trinajstić information content (AvgIpc) is 2.92. The molecule has 0 atom stereocenters. The Morgan fingerprint density at radius 3 is 2.32 bits per heavy atom. The van der Waals surface area contributed by atoms with E-state index in [4.69, 9.17) is 0 Å². The van der Waals surface area contributed by atoms with Crippen molar-refractivity contribution in [3.63, 3.8) is 0 Å². The van der Waals surface area contributed by atoms with E-state index in [1.807, 2.05) is 12.1 Å². The fourth-order valence-electron chi connectivity index (χ4n) is 3.41. The molecular formula is C16H24N2O. The van der Waals surface area contributed by atoms with Crippen molar-refractivity contribution in [2.24, 2.45) is 0 Å². The topological polar surface area (TPSA) is 33.2 Å². The first-order valence-electron chi connectivity index (χ1n) is 7.40. The van der Waals surface area contributed by atoms with Crippen LogP contribution in [0.4, 0.5) is 0 Å². The monoisotopic (exact) mass is 260 g/mol. The zero-order valence-electron chi connectivity index (χ0n) is 12.1. The number of carbonyl (C=O) groups excluding carboxylic acids is 1. The first kappa shape index (κ1) is 14.2. The lowest BCUT2D eigenvalue weighted by Gasteiger charge is -2.39. The Morgan fingerprint density at radius 2 is 1.79 bits per heavy atom. The number of pyridine rings is 1. The average molecular weight is 260 g/mol. The van der Waals surface area contributed by atoms with Crippen LogP contribution in [0.5, 0.6) is 0 Å². The van der Waals surface area contributed by atoms with Crippen LogP contribution >= 0.6 is 0 Å². The van der Waals surface area contributed by atoms with E-state index in [0.29, 0.717) is 12.2 Å². The fraction of sp³-hybridized carbons (Fsp3) is 0.625. The van der Waals surface area contributed by atoms with Crippen LogP contribution in [-0.2, 0) is 11.2 Å². The Balaban J connectivity index is 2.17. The maximum absolute atomic E-state index is 12.8. The number of Topliss-reactive ketones (excluding diaryl/α,β-unsaturated/α-hetero) is 1. The summed E-state index contributed by atoms with van der Waals surface area (Å²) in [5.41, 5.74) is 0.880. The molecule has 1 fully saturated rings. The number of aromatic nitrogens is 1. The van der Waals surface area contributed by atoms with Gasteiger partial charge in [-0.1, -0.05) is 26.7 Å². The van der Waals surface area contributed by atoms with E-state index in [0.717, 1.165) is 31.5 Å². The van der Waals surface area contributed by atoms with Crippen molar-refractivity contribution in [2.45, 2.75) is 51.5 Å². The van der Waals surface area contributed by atoms with Crippen LogP contribution in [0.1, 0.15) is 45.1 Å². The molecule has 2 rings (SSSR count). The molecule has 0 radical (unpaired) electrons. The molecule has 0 spiro atoms. The van der Waals surface area contributed by atoms with E-state index < -0.39 is 0 Å². The van der Waals surface area contributed by atoms with Crippen LogP contribution in [-0.4, -0.2) is 34.3 Å². The van der Waals surface area contributed by atoms with E-state index in [2.05, 4.69) is 23.7 Å². The van der Waals surface area contributed by atoms with Crippen molar-refractivity contribution < 1.29 is 4.79 Å². The Kier molecular flexibility index (Phi) is 4.70. The molecular weight excluding hydrogens is 236 g/mol. The van der Waals surface area contributed by atoms with Crippen LogP contribution in [0.3, 0.4) is 0 Å². The number of ketones is 1. The standard InChI is InChI=1S/C16H24N2O/c1-3-18(4-2)16(9-5-6-10-16)15(19)13-14-7-11-17-12-8-14/h7-8,11-12H,3-6,9-10,13H2,1-2H3. The third kappa shape index (κ3) is 2.86. The Morgan fingerprint density at radius 1 is 1.21 bits per heavy atom. The molecule has 3 heteroatoms. The van der Waals surface area contributed by atoms with E-state index in [1.165, 1.54) is 12.8 Å². The maximum atomic E-state index is 12.8. The summed E-state index contributed by atoms with van der Waals surface area (Å²) >= 11 is 0. The highest BCUT2D eigenvalue weighted by Crippen LogP contribution is 2.36. The highest BCUT2D eigenvalue weighted by atomic mass is 16.1. The molecule has 3 nitrogen and oxygen atoms in total. The van der Waals surface area contributed by atoms with Gasteiger partial charge in [0.25, 0.3) is 0 Å². The zero-order valence-corrected chi connectivity index (χ0v) is 12.1. The fourth-order valence-corrected chi connectivity index (χ4v) is 3.41. The van der Waals surface area contributed by atoms with E-state index in [9.17, 15) is 4.79 Å². The van der Waals surface area contributed by atoms with Gasteiger partial charge in [0, 0.05) is 18.8 Å². The molecule has 1 heterocycles. The molecule has 1 aromatic rings. The van der Waals surface area contributed by atoms with Crippen LogP contribution in [0, 0.1) is 0 Å². The van der Waals surface area contributed by atoms with E-state index in [-0.39, 0.29) is 5.54 Å². The number of hydrogen-bond donors (Lipinski definition) is 0. The maximum Gasteiger partial charge on any atom is 0.157 e. The van der Waals surface area contributed by atoms with Gasteiger partial charge in [0.05, 0.1) is 5.54 Å². The molecule has 0 aromatic carbocycles. The lowest BCUT2D eigenvalue weighted by Crippen LogP contribution is -2.53. The highest BCUT2D eigenvalue weighted by molar-refractivity contribution is 5.90. The predicted molar refractivity (Wildman–Crippen MR) is 77.1 cm³/mol. The third-order valence-corrected chi connectivity index (χ3v) is 4.43. The highest BCUT2D eigenvalue weighted by Gasteiger charge is 2.44. The minimum Gasteiger partial charge on any atom is -0.297 e. The molecule has 1 aliphatic rings. The summed E-state index contributed by atoms with van der Waals surface area (Å²) in [6.45, 7) is 6.23.